The monoisotopic (exact) mass is 412 g/mol. The summed E-state index contributed by atoms with van der Waals surface area (Å²) in [6, 6.07) is 7.10. The van der Waals surface area contributed by atoms with Crippen LogP contribution in [0.5, 0.6) is 0 Å². The van der Waals surface area contributed by atoms with E-state index in [9.17, 15) is 8.42 Å². The Bertz CT molecular complexity index is 684. The van der Waals surface area contributed by atoms with E-state index in [-0.39, 0.29) is 0 Å². The van der Waals surface area contributed by atoms with Gasteiger partial charge in [0.25, 0.3) is 0 Å². The first-order valence-electron chi connectivity index (χ1n) is 9.68. The number of aliphatic imine (C=N–C) groups is 1. The van der Waals surface area contributed by atoms with Crippen LogP contribution in [0.2, 0.25) is 0 Å². The SMILES string of the molecule is CCNC(=NCc1ccc(S(=O)(=O)N2CCCC2)cc1)NCCCCSC. The van der Waals surface area contributed by atoms with Gasteiger partial charge in [0.1, 0.15) is 0 Å². The normalized spacial score (nSPS) is 15.9. The first kappa shape index (κ1) is 22.0. The fourth-order valence-corrected chi connectivity index (χ4v) is 4.94. The third-order valence-electron chi connectivity index (χ3n) is 4.46. The number of guanidine groups is 1. The molecule has 0 saturated carbocycles. The zero-order valence-corrected chi connectivity index (χ0v) is 18.0. The van der Waals surface area contributed by atoms with Crippen LogP contribution in [0.15, 0.2) is 34.2 Å². The predicted molar refractivity (Wildman–Crippen MR) is 115 cm³/mol. The Balaban J connectivity index is 1.92. The van der Waals surface area contributed by atoms with Crippen molar-refractivity contribution >= 4 is 27.7 Å². The number of unbranched alkanes of at least 4 members (excludes halogenated alkanes) is 1. The van der Waals surface area contributed by atoms with E-state index >= 15 is 0 Å². The van der Waals surface area contributed by atoms with E-state index in [1.807, 2.05) is 30.8 Å². The van der Waals surface area contributed by atoms with E-state index in [0.717, 1.165) is 43.9 Å². The molecule has 1 aliphatic rings. The van der Waals surface area contributed by atoms with Crippen molar-refractivity contribution in [2.75, 3.05) is 38.2 Å². The first-order valence-corrected chi connectivity index (χ1v) is 12.5. The summed E-state index contributed by atoms with van der Waals surface area (Å²) in [7, 11) is -3.34. The lowest BCUT2D eigenvalue weighted by atomic mass is 10.2. The number of sulfonamides is 1. The van der Waals surface area contributed by atoms with Gasteiger partial charge in [-0.1, -0.05) is 12.1 Å². The van der Waals surface area contributed by atoms with E-state index in [4.69, 9.17) is 0 Å². The molecule has 0 atom stereocenters. The Morgan fingerprint density at radius 3 is 2.48 bits per heavy atom. The predicted octanol–water partition coefficient (Wildman–Crippen LogP) is 2.67. The second-order valence-electron chi connectivity index (χ2n) is 6.58. The molecule has 0 amide bonds. The zero-order chi connectivity index (χ0) is 19.5. The van der Waals surface area contributed by atoms with Crippen LogP contribution >= 0.6 is 11.8 Å². The average molecular weight is 413 g/mol. The van der Waals surface area contributed by atoms with Gasteiger partial charge in [-0.3, -0.25) is 0 Å². The van der Waals surface area contributed by atoms with Gasteiger partial charge in [0.2, 0.25) is 10.0 Å². The third kappa shape index (κ3) is 7.01. The maximum absolute atomic E-state index is 12.6. The molecule has 2 rings (SSSR count). The number of rotatable bonds is 10. The quantitative estimate of drug-likeness (QED) is 0.351. The number of nitrogens with zero attached hydrogens (tertiary/aromatic N) is 2. The maximum atomic E-state index is 12.6. The molecule has 0 aromatic heterocycles. The van der Waals surface area contributed by atoms with Crippen LogP contribution in [0.1, 0.15) is 38.2 Å². The second-order valence-corrected chi connectivity index (χ2v) is 9.50. The molecule has 8 heteroatoms. The van der Waals surface area contributed by atoms with E-state index < -0.39 is 10.0 Å². The van der Waals surface area contributed by atoms with Gasteiger partial charge < -0.3 is 10.6 Å². The van der Waals surface area contributed by atoms with E-state index in [2.05, 4.69) is 21.9 Å². The smallest absolute Gasteiger partial charge is 0.243 e. The number of thioether (sulfide) groups is 1. The van der Waals surface area contributed by atoms with Crippen LogP contribution < -0.4 is 10.6 Å². The molecular formula is C19H32N4O2S2. The highest BCUT2D eigenvalue weighted by Gasteiger charge is 2.26. The summed E-state index contributed by atoms with van der Waals surface area (Å²) >= 11 is 1.87. The zero-order valence-electron chi connectivity index (χ0n) is 16.4. The molecule has 1 saturated heterocycles. The van der Waals surface area contributed by atoms with Crippen molar-refractivity contribution in [1.82, 2.24) is 14.9 Å². The van der Waals surface area contributed by atoms with Gasteiger partial charge in [0, 0.05) is 26.2 Å². The van der Waals surface area contributed by atoms with Crippen molar-refractivity contribution in [2.24, 2.45) is 4.99 Å². The highest BCUT2D eigenvalue weighted by molar-refractivity contribution is 7.98. The van der Waals surface area contributed by atoms with Crippen LogP contribution in [0.25, 0.3) is 0 Å². The molecule has 0 radical (unpaired) electrons. The Labute approximate surface area is 168 Å². The molecular weight excluding hydrogens is 380 g/mol. The van der Waals surface area contributed by atoms with Gasteiger partial charge in [0.15, 0.2) is 5.96 Å². The summed E-state index contributed by atoms with van der Waals surface area (Å²) in [6.07, 6.45) is 6.34. The standard InChI is InChI=1S/C19H32N4O2S2/c1-3-20-19(21-12-4-7-15-26-2)22-16-17-8-10-18(11-9-17)27(24,25)23-13-5-6-14-23/h8-11H,3-7,12-16H2,1-2H3,(H2,20,21,22). The van der Waals surface area contributed by atoms with Gasteiger partial charge in [-0.05, 0) is 62.3 Å². The summed E-state index contributed by atoms with van der Waals surface area (Å²) in [5.41, 5.74) is 0.995. The summed E-state index contributed by atoms with van der Waals surface area (Å²) in [5.74, 6) is 1.98. The van der Waals surface area contributed by atoms with Crippen LogP contribution in [0.3, 0.4) is 0 Å². The fourth-order valence-electron chi connectivity index (χ4n) is 2.93. The van der Waals surface area contributed by atoms with Gasteiger partial charge in [-0.15, -0.1) is 0 Å². The number of benzene rings is 1. The molecule has 152 valence electrons. The van der Waals surface area contributed by atoms with Crippen LogP contribution in [-0.2, 0) is 16.6 Å². The first-order chi connectivity index (χ1) is 13.1. The number of hydrogen-bond donors (Lipinski definition) is 2. The Hall–Kier alpha value is -1.25. The van der Waals surface area contributed by atoms with E-state index in [1.165, 1.54) is 12.2 Å². The van der Waals surface area contributed by atoms with Crippen molar-refractivity contribution in [1.29, 1.82) is 0 Å². The lowest BCUT2D eigenvalue weighted by molar-refractivity contribution is 0.477. The molecule has 0 unspecified atom stereocenters. The summed E-state index contributed by atoms with van der Waals surface area (Å²) in [6.45, 7) is 5.53. The molecule has 1 aromatic rings. The van der Waals surface area contributed by atoms with Crippen molar-refractivity contribution in [3.8, 4) is 0 Å². The molecule has 27 heavy (non-hydrogen) atoms. The maximum Gasteiger partial charge on any atom is 0.243 e. The molecule has 6 nitrogen and oxygen atoms in total. The molecule has 2 N–H and O–H groups in total. The van der Waals surface area contributed by atoms with E-state index in [0.29, 0.717) is 24.5 Å². The molecule has 1 aromatic carbocycles. The van der Waals surface area contributed by atoms with Gasteiger partial charge >= 0.3 is 0 Å². The molecule has 0 aliphatic carbocycles. The second kappa shape index (κ2) is 11.6. The number of nitrogens with one attached hydrogen (secondary N) is 2. The van der Waals surface area contributed by atoms with Crippen LogP contribution in [0, 0.1) is 0 Å². The summed E-state index contributed by atoms with van der Waals surface area (Å²) in [4.78, 5) is 4.97. The van der Waals surface area contributed by atoms with Crippen LogP contribution in [-0.4, -0.2) is 56.9 Å². The Kier molecular flexibility index (Phi) is 9.44. The van der Waals surface area contributed by atoms with E-state index in [1.54, 1.807) is 16.4 Å². The lowest BCUT2D eigenvalue weighted by Gasteiger charge is -2.15. The molecule has 0 spiro atoms. The molecule has 1 aliphatic heterocycles. The number of hydrogen-bond acceptors (Lipinski definition) is 4. The third-order valence-corrected chi connectivity index (χ3v) is 7.07. The molecule has 0 bridgehead atoms. The topological polar surface area (TPSA) is 73.8 Å². The lowest BCUT2D eigenvalue weighted by Crippen LogP contribution is -2.37. The molecule has 1 heterocycles. The minimum absolute atomic E-state index is 0.371. The van der Waals surface area contributed by atoms with Crippen molar-refractivity contribution < 1.29 is 8.42 Å². The average Bonchev–Trinajstić information content (AvgIpc) is 3.22. The highest BCUT2D eigenvalue weighted by atomic mass is 32.2. The Morgan fingerprint density at radius 2 is 1.85 bits per heavy atom. The van der Waals surface area contributed by atoms with Crippen LogP contribution in [0.4, 0.5) is 0 Å². The highest BCUT2D eigenvalue weighted by Crippen LogP contribution is 2.21. The van der Waals surface area contributed by atoms with Crippen molar-refractivity contribution in [2.45, 2.75) is 44.0 Å². The fraction of sp³-hybridized carbons (Fsp3) is 0.632. The van der Waals surface area contributed by atoms with Gasteiger partial charge in [-0.2, -0.15) is 16.1 Å². The van der Waals surface area contributed by atoms with Crippen molar-refractivity contribution in [3.63, 3.8) is 0 Å². The molecule has 1 fully saturated rings. The summed E-state index contributed by atoms with van der Waals surface area (Å²) < 4.78 is 26.7. The minimum atomic E-state index is -3.34. The summed E-state index contributed by atoms with van der Waals surface area (Å²) in [5, 5.41) is 6.60. The minimum Gasteiger partial charge on any atom is -0.357 e. The van der Waals surface area contributed by atoms with Gasteiger partial charge in [-0.25, -0.2) is 13.4 Å². The van der Waals surface area contributed by atoms with Gasteiger partial charge in [0.05, 0.1) is 11.4 Å². The van der Waals surface area contributed by atoms with Crippen molar-refractivity contribution in [3.05, 3.63) is 29.8 Å². The Morgan fingerprint density at radius 1 is 1.15 bits per heavy atom. The largest absolute Gasteiger partial charge is 0.357 e.